The van der Waals surface area contributed by atoms with E-state index >= 15 is 0 Å². The van der Waals surface area contributed by atoms with Crippen LogP contribution in [0.15, 0.2) is 42.6 Å². The van der Waals surface area contributed by atoms with Crippen LogP contribution in [0.2, 0.25) is 0 Å². The average Bonchev–Trinajstić information content (AvgIpc) is 3.01. The van der Waals surface area contributed by atoms with E-state index in [1.54, 1.807) is 0 Å². The second kappa shape index (κ2) is 6.94. The summed E-state index contributed by atoms with van der Waals surface area (Å²) in [5.41, 5.74) is 4.76. The summed E-state index contributed by atoms with van der Waals surface area (Å²) in [6.45, 7) is 1.63. The van der Waals surface area contributed by atoms with Crippen molar-refractivity contribution in [3.05, 3.63) is 65.1 Å². The Hall–Kier alpha value is -2.45. The number of hydrogen-bond donors (Lipinski definition) is 4. The summed E-state index contributed by atoms with van der Waals surface area (Å²) in [6.07, 6.45) is 2.10. The van der Waals surface area contributed by atoms with Gasteiger partial charge in [0.1, 0.15) is 6.04 Å². The molecule has 27 heavy (non-hydrogen) atoms. The molecule has 2 atom stereocenters. The van der Waals surface area contributed by atoms with Crippen LogP contribution in [0.25, 0.3) is 5.65 Å². The van der Waals surface area contributed by atoms with Gasteiger partial charge in [-0.05, 0) is 24.1 Å². The third-order valence-corrected chi connectivity index (χ3v) is 5.09. The minimum absolute atomic E-state index is 0.0379. The van der Waals surface area contributed by atoms with Gasteiger partial charge in [0.15, 0.2) is 11.4 Å². The maximum atomic E-state index is 11.3. The number of pyridine rings is 1. The summed E-state index contributed by atoms with van der Waals surface area (Å²) in [4.78, 5) is 4.61. The monoisotopic (exact) mass is 369 g/mol. The molecule has 3 aromatic rings. The number of ether oxygens (including phenoxy) is 1. The number of nitrogens with one attached hydrogen (secondary N) is 1. The van der Waals surface area contributed by atoms with E-state index in [9.17, 15) is 15.3 Å². The summed E-state index contributed by atoms with van der Waals surface area (Å²) in [5.74, 6) is -1.50. The molecule has 1 aromatic carbocycles. The van der Waals surface area contributed by atoms with Crippen molar-refractivity contribution in [2.75, 3.05) is 18.5 Å². The van der Waals surface area contributed by atoms with Crippen LogP contribution in [0.5, 0.6) is 0 Å². The number of nitrogens with zero attached hydrogens (tertiary/aromatic N) is 2. The normalized spacial score (nSPS) is 21.9. The fourth-order valence-electron chi connectivity index (χ4n) is 3.78. The van der Waals surface area contributed by atoms with Crippen LogP contribution in [0.4, 0.5) is 5.69 Å². The van der Waals surface area contributed by atoms with Crippen molar-refractivity contribution in [1.29, 1.82) is 0 Å². The Labute approximate surface area is 156 Å². The average molecular weight is 369 g/mol. The molecule has 2 unspecified atom stereocenters. The highest BCUT2D eigenvalue weighted by Crippen LogP contribution is 2.42. The zero-order valence-corrected chi connectivity index (χ0v) is 15.1. The van der Waals surface area contributed by atoms with E-state index < -0.39 is 11.8 Å². The summed E-state index contributed by atoms with van der Waals surface area (Å²) in [5, 5.41) is 33.5. The second-order valence-electron chi connectivity index (χ2n) is 6.79. The predicted molar refractivity (Wildman–Crippen MR) is 100 cm³/mol. The van der Waals surface area contributed by atoms with Gasteiger partial charge in [-0.15, -0.1) is 0 Å². The number of imidazole rings is 1. The topological polar surface area (TPSA) is 99.3 Å². The van der Waals surface area contributed by atoms with Gasteiger partial charge in [0.25, 0.3) is 0 Å². The van der Waals surface area contributed by atoms with Crippen molar-refractivity contribution >= 4 is 11.3 Å². The van der Waals surface area contributed by atoms with Crippen LogP contribution in [0.3, 0.4) is 0 Å². The number of fused-ring (bicyclic) bond motifs is 3. The first kappa shape index (κ1) is 17.9. The molecule has 0 saturated heterocycles. The number of hydrogen-bond acceptors (Lipinski definition) is 6. The zero-order chi connectivity index (χ0) is 19.0. The smallest absolute Gasteiger partial charge is 0.194 e. The molecule has 0 fully saturated rings. The van der Waals surface area contributed by atoms with E-state index in [0.717, 1.165) is 28.2 Å². The van der Waals surface area contributed by atoms with Gasteiger partial charge in [-0.25, -0.2) is 4.98 Å². The Morgan fingerprint density at radius 1 is 1.26 bits per heavy atom. The number of rotatable bonds is 5. The molecule has 2 aromatic heterocycles. The van der Waals surface area contributed by atoms with Gasteiger partial charge in [0, 0.05) is 12.6 Å². The van der Waals surface area contributed by atoms with Gasteiger partial charge in [-0.3, -0.25) is 4.40 Å². The van der Waals surface area contributed by atoms with Crippen LogP contribution in [0.1, 0.15) is 28.6 Å². The minimum Gasteiger partial charge on any atom is -0.394 e. The van der Waals surface area contributed by atoms with Crippen molar-refractivity contribution in [3.63, 3.8) is 0 Å². The van der Waals surface area contributed by atoms with Crippen molar-refractivity contribution < 1.29 is 20.1 Å². The Balaban J connectivity index is 1.85. The van der Waals surface area contributed by atoms with Gasteiger partial charge in [0.2, 0.25) is 0 Å². The lowest BCUT2D eigenvalue weighted by Crippen LogP contribution is -2.48. The molecule has 1 aliphatic heterocycles. The van der Waals surface area contributed by atoms with Gasteiger partial charge in [-0.2, -0.15) is 0 Å². The highest BCUT2D eigenvalue weighted by Gasteiger charge is 2.44. The first-order valence-electron chi connectivity index (χ1n) is 8.96. The molecule has 0 bridgehead atoms. The third kappa shape index (κ3) is 2.98. The molecule has 0 spiro atoms. The Bertz CT molecular complexity index is 957. The summed E-state index contributed by atoms with van der Waals surface area (Å²) >= 11 is 0. The van der Waals surface area contributed by atoms with E-state index in [0.29, 0.717) is 5.65 Å². The quantitative estimate of drug-likeness (QED) is 0.509. The van der Waals surface area contributed by atoms with E-state index in [2.05, 4.69) is 10.3 Å². The van der Waals surface area contributed by atoms with Gasteiger partial charge in [-0.1, -0.05) is 30.3 Å². The molecule has 0 amide bonds. The molecule has 0 saturated carbocycles. The predicted octanol–water partition coefficient (Wildman–Crippen LogP) is 1.54. The fraction of sp³-hybridized carbons (Fsp3) is 0.350. The number of aromatic nitrogens is 2. The Kier molecular flexibility index (Phi) is 4.61. The molecule has 7 nitrogen and oxygen atoms in total. The van der Waals surface area contributed by atoms with Crippen molar-refractivity contribution in [2.24, 2.45) is 0 Å². The van der Waals surface area contributed by atoms with Crippen molar-refractivity contribution in [3.8, 4) is 0 Å². The number of anilines is 1. The highest BCUT2D eigenvalue weighted by molar-refractivity contribution is 5.75. The van der Waals surface area contributed by atoms with Crippen LogP contribution in [-0.4, -0.2) is 43.7 Å². The SMILES string of the molecule is Cc1nc2c3c(ccn2c1CO)CC(O)(OCCO)C(c1ccccc1)N3. The van der Waals surface area contributed by atoms with Gasteiger partial charge >= 0.3 is 0 Å². The molecule has 4 N–H and O–H groups in total. The largest absolute Gasteiger partial charge is 0.394 e. The summed E-state index contributed by atoms with van der Waals surface area (Å²) in [7, 11) is 0. The maximum Gasteiger partial charge on any atom is 0.194 e. The highest BCUT2D eigenvalue weighted by atomic mass is 16.6. The first-order valence-corrected chi connectivity index (χ1v) is 8.96. The second-order valence-corrected chi connectivity index (χ2v) is 6.79. The van der Waals surface area contributed by atoms with Gasteiger partial charge in [0.05, 0.1) is 36.9 Å². The molecule has 0 radical (unpaired) electrons. The fourth-order valence-corrected chi connectivity index (χ4v) is 3.78. The lowest BCUT2D eigenvalue weighted by atomic mass is 9.88. The molecule has 3 heterocycles. The summed E-state index contributed by atoms with van der Waals surface area (Å²) in [6, 6.07) is 10.9. The van der Waals surface area contributed by atoms with Gasteiger partial charge < -0.3 is 25.4 Å². The molecule has 1 aliphatic rings. The molecule has 4 rings (SSSR count). The van der Waals surface area contributed by atoms with Crippen LogP contribution < -0.4 is 5.32 Å². The number of aliphatic hydroxyl groups excluding tert-OH is 2. The lowest BCUT2D eigenvalue weighted by Gasteiger charge is -2.41. The zero-order valence-electron chi connectivity index (χ0n) is 15.1. The maximum absolute atomic E-state index is 11.3. The number of benzene rings is 1. The van der Waals surface area contributed by atoms with E-state index in [-0.39, 0.29) is 26.2 Å². The van der Waals surface area contributed by atoms with Crippen LogP contribution >= 0.6 is 0 Å². The van der Waals surface area contributed by atoms with Crippen molar-refractivity contribution in [2.45, 2.75) is 31.8 Å². The molecule has 0 aliphatic carbocycles. The van der Waals surface area contributed by atoms with Crippen molar-refractivity contribution in [1.82, 2.24) is 9.38 Å². The third-order valence-electron chi connectivity index (χ3n) is 5.09. The molecular weight excluding hydrogens is 346 g/mol. The number of aryl methyl sites for hydroxylation is 1. The molecule has 142 valence electrons. The first-order chi connectivity index (χ1) is 13.1. The molecule has 7 heteroatoms. The van der Waals surface area contributed by atoms with E-state index in [1.807, 2.05) is 53.9 Å². The lowest BCUT2D eigenvalue weighted by molar-refractivity contribution is -0.219. The van der Waals surface area contributed by atoms with E-state index in [1.165, 1.54) is 0 Å². The number of aliphatic hydroxyl groups is 3. The minimum atomic E-state index is -1.50. The molecular formula is C20H23N3O4. The Morgan fingerprint density at radius 2 is 2.04 bits per heavy atom. The Morgan fingerprint density at radius 3 is 2.74 bits per heavy atom. The standard InChI is InChI=1S/C20H23N3O4/c1-13-16(12-25)23-8-7-15-11-20(26,27-10-9-24)18(14-5-3-2-4-6-14)22-17(15)19(23)21-13/h2-8,18,22,24-26H,9-12H2,1H3. The van der Waals surface area contributed by atoms with Crippen LogP contribution in [0, 0.1) is 6.92 Å². The summed E-state index contributed by atoms with van der Waals surface area (Å²) < 4.78 is 7.54. The van der Waals surface area contributed by atoms with Crippen LogP contribution in [-0.2, 0) is 17.8 Å². The van der Waals surface area contributed by atoms with E-state index in [4.69, 9.17) is 4.74 Å².